The van der Waals surface area contributed by atoms with Crippen LogP contribution in [0.5, 0.6) is 0 Å². The van der Waals surface area contributed by atoms with Crippen LogP contribution in [0, 0.1) is 0 Å². The highest BCUT2D eigenvalue weighted by Gasteiger charge is 2.47. The van der Waals surface area contributed by atoms with Crippen LogP contribution < -0.4 is 0 Å². The molecule has 2 aliphatic rings. The van der Waals surface area contributed by atoms with Crippen molar-refractivity contribution in [1.29, 1.82) is 0 Å². The molecule has 2 fully saturated rings. The summed E-state index contributed by atoms with van der Waals surface area (Å²) in [6.45, 7) is 0.664. The van der Waals surface area contributed by atoms with Gasteiger partial charge in [0.2, 0.25) is 0 Å². The van der Waals surface area contributed by atoms with E-state index in [1.165, 1.54) is 4.90 Å². The van der Waals surface area contributed by atoms with Crippen LogP contribution in [0.4, 0.5) is 0 Å². The van der Waals surface area contributed by atoms with Crippen LogP contribution >= 0.6 is 0 Å². The summed E-state index contributed by atoms with van der Waals surface area (Å²) in [6.07, 6.45) is 0. The Balaban J connectivity index is 1.99. The van der Waals surface area contributed by atoms with Crippen molar-refractivity contribution in [2.24, 2.45) is 0 Å². The van der Waals surface area contributed by atoms with Crippen molar-refractivity contribution in [3.8, 4) is 0 Å². The zero-order valence-corrected chi connectivity index (χ0v) is 7.76. The lowest BCUT2D eigenvalue weighted by atomic mass is 9.84. The van der Waals surface area contributed by atoms with Gasteiger partial charge >= 0.3 is 19.1 Å². The molecule has 2 saturated heterocycles. The van der Waals surface area contributed by atoms with E-state index in [1.54, 1.807) is 7.05 Å². The van der Waals surface area contributed by atoms with Crippen LogP contribution in [0.2, 0.25) is 0 Å². The highest BCUT2D eigenvalue weighted by atomic mass is 16.7. The van der Waals surface area contributed by atoms with Crippen LogP contribution in [0.25, 0.3) is 0 Å². The van der Waals surface area contributed by atoms with Gasteiger partial charge in [-0.1, -0.05) is 0 Å². The summed E-state index contributed by atoms with van der Waals surface area (Å²) in [5.74, 6) is -0.805. The molecule has 0 aliphatic carbocycles. The second-order valence-corrected chi connectivity index (χ2v) is 3.39. The number of ether oxygens (including phenoxy) is 1. The molecule has 7 heteroatoms. The summed E-state index contributed by atoms with van der Waals surface area (Å²) in [5, 5.41) is 0. The molecule has 0 amide bonds. The average Bonchev–Trinajstić information content (AvgIpc) is 2.81. The lowest BCUT2D eigenvalue weighted by molar-refractivity contribution is -0.145. The fourth-order valence-corrected chi connectivity index (χ4v) is 1.22. The quantitative estimate of drug-likeness (QED) is 0.376. The van der Waals surface area contributed by atoms with Gasteiger partial charge in [-0.3, -0.25) is 14.5 Å². The molecule has 1 unspecified atom stereocenters. The van der Waals surface area contributed by atoms with Gasteiger partial charge in [0.15, 0.2) is 0 Å². The lowest BCUT2D eigenvalue weighted by Gasteiger charge is -2.21. The van der Waals surface area contributed by atoms with Gasteiger partial charge in [0.1, 0.15) is 6.00 Å². The first-order chi connectivity index (χ1) is 6.65. The van der Waals surface area contributed by atoms with E-state index in [2.05, 4.69) is 0 Å². The van der Waals surface area contributed by atoms with Crippen molar-refractivity contribution in [3.05, 3.63) is 0 Å². The van der Waals surface area contributed by atoms with Crippen molar-refractivity contribution in [2.45, 2.75) is 6.00 Å². The van der Waals surface area contributed by atoms with Gasteiger partial charge in [-0.05, 0) is 7.05 Å². The molecule has 2 rings (SSSR count). The van der Waals surface area contributed by atoms with Gasteiger partial charge in [0.05, 0.1) is 19.7 Å². The Morgan fingerprint density at radius 1 is 1.29 bits per heavy atom. The van der Waals surface area contributed by atoms with Crippen LogP contribution in [0.15, 0.2) is 0 Å². The smallest absolute Gasteiger partial charge is 0.497 e. The van der Waals surface area contributed by atoms with Gasteiger partial charge in [-0.2, -0.15) is 0 Å². The predicted octanol–water partition coefficient (Wildman–Crippen LogP) is -1.56. The third kappa shape index (κ3) is 2.24. The van der Waals surface area contributed by atoms with E-state index in [1.807, 2.05) is 0 Å². The van der Waals surface area contributed by atoms with Crippen LogP contribution in [0.3, 0.4) is 0 Å². The van der Waals surface area contributed by atoms with Crippen LogP contribution in [0.1, 0.15) is 0 Å². The van der Waals surface area contributed by atoms with E-state index in [0.29, 0.717) is 6.61 Å². The molecule has 14 heavy (non-hydrogen) atoms. The molecular weight excluding hydrogens is 189 g/mol. The Labute approximate surface area is 81.2 Å². The van der Waals surface area contributed by atoms with Crippen LogP contribution in [-0.4, -0.2) is 56.7 Å². The molecule has 0 saturated carbocycles. The molecule has 0 aromatic heterocycles. The monoisotopic (exact) mass is 199 g/mol. The fourth-order valence-electron chi connectivity index (χ4n) is 1.22. The topological polar surface area (TPSA) is 68.4 Å². The fraction of sp³-hybridized carbons (Fsp3) is 0.714. The molecular formula is C7H10BNO5. The first-order valence-electron chi connectivity index (χ1n) is 4.34. The van der Waals surface area contributed by atoms with E-state index in [0.717, 1.165) is 0 Å². The minimum Gasteiger partial charge on any atom is -0.497 e. The number of hydrogen-bond acceptors (Lipinski definition) is 6. The van der Waals surface area contributed by atoms with E-state index >= 15 is 0 Å². The van der Waals surface area contributed by atoms with Crippen LogP contribution in [-0.2, 0) is 23.6 Å². The molecule has 6 nitrogen and oxygen atoms in total. The van der Waals surface area contributed by atoms with Gasteiger partial charge < -0.3 is 14.0 Å². The van der Waals surface area contributed by atoms with E-state index in [-0.39, 0.29) is 19.1 Å². The molecule has 0 bridgehead atoms. The molecule has 2 heterocycles. The molecule has 76 valence electrons. The Bertz CT molecular complexity index is 247. The predicted molar refractivity (Wildman–Crippen MR) is 45.2 cm³/mol. The Morgan fingerprint density at radius 2 is 1.79 bits per heavy atom. The second kappa shape index (κ2) is 3.59. The van der Waals surface area contributed by atoms with Crippen molar-refractivity contribution in [3.63, 3.8) is 0 Å². The highest BCUT2D eigenvalue weighted by Crippen LogP contribution is 2.16. The maximum Gasteiger partial charge on any atom is 0.632 e. The number of carbonyl (C=O) groups excluding carboxylic acids is 2. The molecule has 0 aromatic rings. The molecule has 1 atom stereocenters. The summed E-state index contributed by atoms with van der Waals surface area (Å²) in [7, 11) is 0.792. The van der Waals surface area contributed by atoms with Crippen molar-refractivity contribution in [2.75, 3.05) is 26.7 Å². The van der Waals surface area contributed by atoms with Crippen molar-refractivity contribution in [1.82, 2.24) is 4.90 Å². The van der Waals surface area contributed by atoms with Crippen molar-refractivity contribution >= 4 is 19.1 Å². The summed E-state index contributed by atoms with van der Waals surface area (Å²) < 4.78 is 14.7. The highest BCUT2D eigenvalue weighted by molar-refractivity contribution is 6.51. The largest absolute Gasteiger partial charge is 0.632 e. The minimum absolute atomic E-state index is 0.0956. The maximum absolute atomic E-state index is 11.2. The Kier molecular flexibility index (Phi) is 2.43. The number of rotatable bonds is 1. The van der Waals surface area contributed by atoms with E-state index in [4.69, 9.17) is 14.0 Å². The Hall–Kier alpha value is -1.08. The number of nitrogens with zero attached hydrogens (tertiary/aromatic N) is 1. The Morgan fingerprint density at radius 3 is 2.21 bits per heavy atom. The van der Waals surface area contributed by atoms with Gasteiger partial charge in [0.25, 0.3) is 0 Å². The van der Waals surface area contributed by atoms with Gasteiger partial charge in [-0.25, -0.2) is 0 Å². The summed E-state index contributed by atoms with van der Waals surface area (Å²) >= 11 is 0. The van der Waals surface area contributed by atoms with Gasteiger partial charge in [-0.15, -0.1) is 0 Å². The van der Waals surface area contributed by atoms with Gasteiger partial charge in [0, 0.05) is 0 Å². The molecule has 0 N–H and O–H groups in total. The zero-order valence-electron chi connectivity index (χ0n) is 7.76. The van der Waals surface area contributed by atoms with E-state index in [9.17, 15) is 9.59 Å². The van der Waals surface area contributed by atoms with Crippen molar-refractivity contribution < 1.29 is 23.6 Å². The molecule has 0 spiro atoms. The number of hydrogen-bond donors (Lipinski definition) is 0. The summed E-state index contributed by atoms with van der Waals surface area (Å²) in [4.78, 5) is 23.9. The van der Waals surface area contributed by atoms with E-state index < -0.39 is 19.1 Å². The first-order valence-corrected chi connectivity index (χ1v) is 4.34. The molecule has 0 aromatic carbocycles. The minimum atomic E-state index is -0.858. The number of carbonyl (C=O) groups is 2. The SMILES string of the molecule is CN1CC(=O)OB(C2CO2)OC(=O)C1. The lowest BCUT2D eigenvalue weighted by Crippen LogP contribution is -2.44. The maximum atomic E-state index is 11.2. The second-order valence-electron chi connectivity index (χ2n) is 3.39. The normalized spacial score (nSPS) is 28.9. The molecule has 0 radical (unpaired) electrons. The average molecular weight is 199 g/mol. The summed E-state index contributed by atoms with van der Waals surface area (Å²) in [5.41, 5.74) is 0. The zero-order chi connectivity index (χ0) is 10.1. The standard InChI is InChI=1S/C7H10BNO5/c1-9-2-6(10)13-8(5-4-12-5)14-7(11)3-9/h5H,2-4H2,1H3. The third-order valence-corrected chi connectivity index (χ3v) is 1.96. The number of likely N-dealkylation sites (N-methyl/N-ethyl adjacent to an activating group) is 1. The number of epoxide rings is 1. The third-order valence-electron chi connectivity index (χ3n) is 1.96. The first kappa shape index (κ1) is 9.48. The molecule has 2 aliphatic heterocycles. The summed E-state index contributed by atoms with van der Waals surface area (Å²) in [6, 6.07) is -0.272.